The number of carboxylic acid groups (broad SMARTS) is 1. The lowest BCUT2D eigenvalue weighted by Crippen LogP contribution is -2.27. The van der Waals surface area contributed by atoms with Crippen LogP contribution in [0.4, 0.5) is 0 Å². The van der Waals surface area contributed by atoms with E-state index in [9.17, 15) is 9.90 Å². The zero-order valence-corrected chi connectivity index (χ0v) is 11.0. The summed E-state index contributed by atoms with van der Waals surface area (Å²) in [5.74, 6) is -0.424. The van der Waals surface area contributed by atoms with Crippen molar-refractivity contribution in [1.82, 2.24) is 5.32 Å². The third-order valence-corrected chi connectivity index (χ3v) is 3.73. The average molecular weight is 263 g/mol. The lowest BCUT2D eigenvalue weighted by Gasteiger charge is -2.15. The number of nitrogens with one attached hydrogen (secondary N) is 1. The maximum absolute atomic E-state index is 10.6. The fourth-order valence-electron chi connectivity index (χ4n) is 2.61. The van der Waals surface area contributed by atoms with Crippen LogP contribution in [0.15, 0.2) is 24.3 Å². The number of carboxylic acids is 1. The van der Waals surface area contributed by atoms with E-state index in [0.717, 1.165) is 43.5 Å². The third kappa shape index (κ3) is 4.33. The van der Waals surface area contributed by atoms with E-state index in [2.05, 4.69) is 5.32 Å². The van der Waals surface area contributed by atoms with Gasteiger partial charge in [-0.1, -0.05) is 30.7 Å². The Morgan fingerprint density at radius 1 is 1.21 bits per heavy atom. The molecule has 0 aromatic heterocycles. The molecule has 0 saturated heterocycles. The van der Waals surface area contributed by atoms with E-state index in [4.69, 9.17) is 5.11 Å². The van der Waals surface area contributed by atoms with Gasteiger partial charge >= 0.3 is 5.97 Å². The third-order valence-electron chi connectivity index (χ3n) is 3.73. The van der Waals surface area contributed by atoms with Crippen LogP contribution in [0.3, 0.4) is 0 Å². The maximum Gasteiger partial charge on any atom is 0.307 e. The number of carbonyl (C=O) groups is 1. The zero-order chi connectivity index (χ0) is 13.7. The first-order valence-corrected chi connectivity index (χ1v) is 6.83. The minimum absolute atomic E-state index is 0.0714. The van der Waals surface area contributed by atoms with E-state index in [-0.39, 0.29) is 12.5 Å². The van der Waals surface area contributed by atoms with Crippen molar-refractivity contribution in [1.29, 1.82) is 0 Å². The van der Waals surface area contributed by atoms with Crippen molar-refractivity contribution in [2.75, 3.05) is 6.54 Å². The normalized spacial score (nSPS) is 22.6. The second-order valence-electron chi connectivity index (χ2n) is 5.28. The minimum Gasteiger partial charge on any atom is -0.481 e. The summed E-state index contributed by atoms with van der Waals surface area (Å²) in [6, 6.07) is 7.62. The van der Waals surface area contributed by atoms with Gasteiger partial charge in [0.25, 0.3) is 0 Å². The number of hydrogen-bond donors (Lipinski definition) is 3. The monoisotopic (exact) mass is 263 g/mol. The van der Waals surface area contributed by atoms with Crippen molar-refractivity contribution in [3.63, 3.8) is 0 Å². The number of aliphatic hydroxyl groups excluding tert-OH is 1. The van der Waals surface area contributed by atoms with Crippen LogP contribution in [0.1, 0.15) is 30.4 Å². The van der Waals surface area contributed by atoms with Crippen LogP contribution in [0.2, 0.25) is 0 Å². The van der Waals surface area contributed by atoms with Gasteiger partial charge in [0.2, 0.25) is 0 Å². The summed E-state index contributed by atoms with van der Waals surface area (Å²) >= 11 is 0. The van der Waals surface area contributed by atoms with Crippen molar-refractivity contribution in [3.05, 3.63) is 35.4 Å². The Balaban J connectivity index is 1.75. The minimum atomic E-state index is -0.805. The molecule has 2 unspecified atom stereocenters. The van der Waals surface area contributed by atoms with Crippen molar-refractivity contribution in [2.45, 2.75) is 38.3 Å². The molecule has 0 bridgehead atoms. The fraction of sp³-hybridized carbons (Fsp3) is 0.533. The van der Waals surface area contributed by atoms with Crippen molar-refractivity contribution in [3.8, 4) is 0 Å². The molecule has 2 atom stereocenters. The zero-order valence-electron chi connectivity index (χ0n) is 11.0. The number of aliphatic hydroxyl groups is 1. The molecule has 0 aliphatic heterocycles. The fourth-order valence-corrected chi connectivity index (χ4v) is 2.61. The first-order chi connectivity index (χ1) is 9.15. The van der Waals surface area contributed by atoms with Gasteiger partial charge in [-0.15, -0.1) is 0 Å². The van der Waals surface area contributed by atoms with E-state index in [1.165, 1.54) is 0 Å². The number of aliphatic carboxylic acids is 1. The molecule has 2 rings (SSSR count). The van der Waals surface area contributed by atoms with E-state index in [0.29, 0.717) is 5.92 Å². The number of rotatable bonds is 6. The highest BCUT2D eigenvalue weighted by Gasteiger charge is 2.24. The summed E-state index contributed by atoms with van der Waals surface area (Å²) in [5, 5.41) is 21.8. The molecule has 1 aromatic carbocycles. The predicted molar refractivity (Wildman–Crippen MR) is 72.8 cm³/mol. The predicted octanol–water partition coefficient (Wildman–Crippen LogP) is 1.56. The Morgan fingerprint density at radius 2 is 1.89 bits per heavy atom. The number of hydrogen-bond acceptors (Lipinski definition) is 3. The van der Waals surface area contributed by atoms with Gasteiger partial charge in [0.1, 0.15) is 0 Å². The second kappa shape index (κ2) is 6.68. The van der Waals surface area contributed by atoms with E-state index in [1.54, 1.807) is 0 Å². The first-order valence-electron chi connectivity index (χ1n) is 6.83. The summed E-state index contributed by atoms with van der Waals surface area (Å²) in [4.78, 5) is 10.6. The van der Waals surface area contributed by atoms with Crippen LogP contribution in [-0.2, 0) is 17.8 Å². The molecule has 0 spiro atoms. The molecule has 0 amide bonds. The highest BCUT2D eigenvalue weighted by Crippen LogP contribution is 2.24. The SMILES string of the molecule is O=C(O)Cc1ccc(CNCC2CCCC2O)cc1. The van der Waals surface area contributed by atoms with Crippen molar-refractivity contribution in [2.24, 2.45) is 5.92 Å². The first kappa shape index (κ1) is 14.0. The molecule has 0 radical (unpaired) electrons. The van der Waals surface area contributed by atoms with Crippen LogP contribution in [0.5, 0.6) is 0 Å². The molecular weight excluding hydrogens is 242 g/mol. The molecular formula is C15H21NO3. The van der Waals surface area contributed by atoms with Gasteiger partial charge in [0, 0.05) is 13.1 Å². The molecule has 3 N–H and O–H groups in total. The smallest absolute Gasteiger partial charge is 0.307 e. The van der Waals surface area contributed by atoms with Crippen molar-refractivity contribution >= 4 is 5.97 Å². The topological polar surface area (TPSA) is 69.6 Å². The molecule has 104 valence electrons. The molecule has 1 fully saturated rings. The van der Waals surface area contributed by atoms with Crippen LogP contribution in [0, 0.1) is 5.92 Å². The largest absolute Gasteiger partial charge is 0.481 e. The molecule has 0 heterocycles. The van der Waals surface area contributed by atoms with Crippen LogP contribution in [-0.4, -0.2) is 28.8 Å². The molecule has 1 aromatic rings. The van der Waals surface area contributed by atoms with Crippen LogP contribution in [0.25, 0.3) is 0 Å². The highest BCUT2D eigenvalue weighted by atomic mass is 16.4. The van der Waals surface area contributed by atoms with Gasteiger partial charge in [0.15, 0.2) is 0 Å². The van der Waals surface area contributed by atoms with Gasteiger partial charge < -0.3 is 15.5 Å². The Bertz CT molecular complexity index is 416. The molecule has 1 aliphatic carbocycles. The Kier molecular flexibility index (Phi) is 4.93. The second-order valence-corrected chi connectivity index (χ2v) is 5.28. The Hall–Kier alpha value is -1.39. The molecule has 4 nitrogen and oxygen atoms in total. The molecule has 1 saturated carbocycles. The standard InChI is InChI=1S/C15H21NO3/c17-14-3-1-2-13(14)10-16-9-12-6-4-11(5-7-12)8-15(18)19/h4-7,13-14,16-17H,1-3,8-10H2,(H,18,19). The summed E-state index contributed by atoms with van der Waals surface area (Å²) in [7, 11) is 0. The summed E-state index contributed by atoms with van der Waals surface area (Å²) in [5.41, 5.74) is 1.96. The van der Waals surface area contributed by atoms with E-state index in [1.807, 2.05) is 24.3 Å². The van der Waals surface area contributed by atoms with Crippen molar-refractivity contribution < 1.29 is 15.0 Å². The highest BCUT2D eigenvalue weighted by molar-refractivity contribution is 5.70. The summed E-state index contributed by atoms with van der Waals surface area (Å²) in [6.45, 7) is 1.61. The van der Waals surface area contributed by atoms with Gasteiger partial charge in [-0.25, -0.2) is 0 Å². The average Bonchev–Trinajstić information content (AvgIpc) is 2.77. The molecule has 4 heteroatoms. The summed E-state index contributed by atoms with van der Waals surface area (Å²) < 4.78 is 0. The van der Waals surface area contributed by atoms with Gasteiger partial charge in [-0.3, -0.25) is 4.79 Å². The Morgan fingerprint density at radius 3 is 2.47 bits per heavy atom. The van der Waals surface area contributed by atoms with Gasteiger partial charge in [0.05, 0.1) is 12.5 Å². The van der Waals surface area contributed by atoms with Crippen LogP contribution >= 0.6 is 0 Å². The lowest BCUT2D eigenvalue weighted by molar-refractivity contribution is -0.136. The van der Waals surface area contributed by atoms with Gasteiger partial charge in [-0.05, 0) is 29.9 Å². The number of benzene rings is 1. The van der Waals surface area contributed by atoms with Crippen LogP contribution < -0.4 is 5.32 Å². The molecule has 19 heavy (non-hydrogen) atoms. The van der Waals surface area contributed by atoms with E-state index >= 15 is 0 Å². The quantitative estimate of drug-likeness (QED) is 0.728. The van der Waals surface area contributed by atoms with E-state index < -0.39 is 5.97 Å². The molecule has 1 aliphatic rings. The lowest BCUT2D eigenvalue weighted by atomic mass is 10.1. The summed E-state index contributed by atoms with van der Waals surface area (Å²) in [6.07, 6.45) is 3.08. The Labute approximate surface area is 113 Å². The maximum atomic E-state index is 10.6. The van der Waals surface area contributed by atoms with Gasteiger partial charge in [-0.2, -0.15) is 0 Å².